The summed E-state index contributed by atoms with van der Waals surface area (Å²) in [7, 11) is 0. The number of thioether (sulfide) groups is 1. The van der Waals surface area contributed by atoms with Crippen molar-refractivity contribution in [2.24, 2.45) is 0 Å². The van der Waals surface area contributed by atoms with Crippen molar-refractivity contribution in [2.45, 2.75) is 50.9 Å². The molecule has 3 aromatic rings. The van der Waals surface area contributed by atoms with E-state index in [0.717, 1.165) is 25.0 Å². The fraction of sp³-hybridized carbons (Fsp3) is 0.333. The predicted molar refractivity (Wildman–Crippen MR) is 123 cm³/mol. The van der Waals surface area contributed by atoms with Crippen LogP contribution in [0, 0.1) is 5.82 Å². The van der Waals surface area contributed by atoms with Crippen molar-refractivity contribution in [2.75, 3.05) is 10.7 Å². The highest BCUT2D eigenvalue weighted by Gasteiger charge is 2.45. The fourth-order valence-electron chi connectivity index (χ4n) is 4.04. The van der Waals surface area contributed by atoms with Crippen LogP contribution in [0.3, 0.4) is 0 Å². The number of nitrogens with zero attached hydrogens (tertiary/aromatic N) is 3. The summed E-state index contributed by atoms with van der Waals surface area (Å²) in [5.74, 6) is 0.0942. The smallest absolute Gasteiger partial charge is 0.291 e. The van der Waals surface area contributed by atoms with Crippen LogP contribution in [0.1, 0.15) is 51.3 Å². The zero-order chi connectivity index (χ0) is 22.7. The van der Waals surface area contributed by atoms with Crippen LogP contribution in [0.2, 0.25) is 0 Å². The van der Waals surface area contributed by atoms with E-state index in [1.54, 1.807) is 42.5 Å². The van der Waals surface area contributed by atoms with Gasteiger partial charge in [0.1, 0.15) is 5.82 Å². The van der Waals surface area contributed by atoms with Gasteiger partial charge in [-0.2, -0.15) is 0 Å². The molecule has 2 aromatic carbocycles. The number of unbranched alkanes of at least 4 members (excludes halogenated alkanes) is 3. The van der Waals surface area contributed by atoms with Crippen molar-refractivity contribution in [3.8, 4) is 11.3 Å². The van der Waals surface area contributed by atoms with Gasteiger partial charge in [-0.15, -0.1) is 0 Å². The van der Waals surface area contributed by atoms with Crippen LogP contribution in [-0.2, 0) is 4.79 Å². The first-order valence-corrected chi connectivity index (χ1v) is 11.8. The average Bonchev–Trinajstić information content (AvgIpc) is 2.78. The number of anilines is 1. The summed E-state index contributed by atoms with van der Waals surface area (Å²) in [6, 6.07) is 13.4. The van der Waals surface area contributed by atoms with Gasteiger partial charge in [-0.1, -0.05) is 62.2 Å². The third-order valence-corrected chi connectivity index (χ3v) is 6.47. The number of halogens is 1. The third-order valence-electron chi connectivity index (χ3n) is 5.52. The molecule has 1 aromatic heterocycles. The molecule has 2 heterocycles. The summed E-state index contributed by atoms with van der Waals surface area (Å²) in [5, 5.41) is 5.14. The van der Waals surface area contributed by atoms with E-state index in [2.05, 4.69) is 17.0 Å². The summed E-state index contributed by atoms with van der Waals surface area (Å²) < 4.78 is 16.4. The first-order chi connectivity index (χ1) is 15.5. The molecule has 0 radical (unpaired) electrons. The highest BCUT2D eigenvalue weighted by atomic mass is 32.2. The van der Waals surface area contributed by atoms with Crippen LogP contribution in [0.4, 0.5) is 10.1 Å². The van der Waals surface area contributed by atoms with Gasteiger partial charge < -0.3 is 0 Å². The maximum absolute atomic E-state index is 14.9. The lowest BCUT2D eigenvalue weighted by Crippen LogP contribution is -2.60. The number of nitrogens with one attached hydrogen (secondary N) is 1. The Morgan fingerprint density at radius 3 is 2.66 bits per heavy atom. The van der Waals surface area contributed by atoms with E-state index in [4.69, 9.17) is 0 Å². The number of H-pyrrole nitrogens is 1. The Kier molecular flexibility index (Phi) is 6.69. The molecule has 0 bridgehead atoms. The second kappa shape index (κ2) is 9.65. The van der Waals surface area contributed by atoms with Crippen molar-refractivity contribution < 1.29 is 13.9 Å². The number of rotatable bonds is 7. The minimum absolute atomic E-state index is 0.264. The molecule has 0 unspecified atom stereocenters. The van der Waals surface area contributed by atoms with E-state index >= 15 is 0 Å². The molecule has 4 rings (SSSR count). The Morgan fingerprint density at radius 2 is 1.91 bits per heavy atom. The zero-order valence-corrected chi connectivity index (χ0v) is 19.0. The zero-order valence-electron chi connectivity index (χ0n) is 18.2. The number of carbonyl (C=O) groups excluding carboxylic acids is 1. The van der Waals surface area contributed by atoms with E-state index in [-0.39, 0.29) is 17.0 Å². The third kappa shape index (κ3) is 4.19. The summed E-state index contributed by atoms with van der Waals surface area (Å²) in [6.07, 6.45) is 3.56. The summed E-state index contributed by atoms with van der Waals surface area (Å²) >= 11 is 1.47. The van der Waals surface area contributed by atoms with Crippen molar-refractivity contribution in [3.63, 3.8) is 0 Å². The minimum atomic E-state index is -0.902. The minimum Gasteiger partial charge on any atom is -0.291 e. The average molecular weight is 454 g/mol. The predicted octanol–water partition coefficient (Wildman–Crippen LogP) is 4.45. The number of aromatic amines is 1. The molecule has 0 saturated carbocycles. The summed E-state index contributed by atoms with van der Waals surface area (Å²) in [6.45, 7) is 3.60. The molecule has 166 valence electrons. The Labute approximate surface area is 190 Å². The lowest BCUT2D eigenvalue weighted by molar-refractivity contribution is -0.763. The second-order valence-corrected chi connectivity index (χ2v) is 8.85. The molecule has 0 aliphatic carbocycles. The number of aromatic nitrogens is 3. The maximum atomic E-state index is 14.9. The van der Waals surface area contributed by atoms with Gasteiger partial charge in [-0.25, -0.2) is 9.29 Å². The van der Waals surface area contributed by atoms with Gasteiger partial charge in [-0.3, -0.25) is 14.6 Å². The number of amides is 1. The van der Waals surface area contributed by atoms with Gasteiger partial charge in [0.25, 0.3) is 6.17 Å². The van der Waals surface area contributed by atoms with Gasteiger partial charge in [-0.05, 0) is 35.4 Å². The molecule has 8 heteroatoms. The van der Waals surface area contributed by atoms with Crippen molar-refractivity contribution in [3.05, 3.63) is 70.3 Å². The van der Waals surface area contributed by atoms with Crippen LogP contribution >= 0.6 is 11.8 Å². The van der Waals surface area contributed by atoms with E-state index in [0.29, 0.717) is 22.1 Å². The van der Waals surface area contributed by atoms with Gasteiger partial charge in [0.15, 0.2) is 0 Å². The van der Waals surface area contributed by atoms with Gasteiger partial charge >= 0.3 is 11.3 Å². The molecule has 0 spiro atoms. The Bertz CT molecular complexity index is 1200. The number of carbonyl (C=O) groups is 1. The van der Waals surface area contributed by atoms with Crippen LogP contribution in [-0.4, -0.2) is 21.7 Å². The molecule has 1 atom stereocenters. The van der Waals surface area contributed by atoms with Crippen LogP contribution in [0.25, 0.3) is 11.3 Å². The quantitative estimate of drug-likeness (QED) is 0.326. The van der Waals surface area contributed by atoms with E-state index in [1.807, 2.05) is 0 Å². The van der Waals surface area contributed by atoms with Crippen molar-refractivity contribution in [1.82, 2.24) is 10.1 Å². The monoisotopic (exact) mass is 453 g/mol. The summed E-state index contributed by atoms with van der Waals surface area (Å²) in [4.78, 5) is 30.4. The lowest BCUT2D eigenvalue weighted by atomic mass is 10.0. The highest BCUT2D eigenvalue weighted by molar-refractivity contribution is 7.99. The molecular formula is C24H26FN4O2S+. The standard InChI is InChI=1S/C24H25FN4O2S/c1-3-4-5-10-15-32-24-26-22(31)21-18-12-7-9-14-20(18)28(16(2)30)23(29(21)27-24)17-11-6-8-13-19(17)25/h6-9,11-14,23H,3-5,10,15H2,1-2H3/p+1/t23-/m0/s1. The van der Waals surface area contributed by atoms with E-state index in [1.165, 1.54) is 40.8 Å². The Morgan fingerprint density at radius 1 is 1.16 bits per heavy atom. The molecule has 0 saturated heterocycles. The van der Waals surface area contributed by atoms with Crippen LogP contribution in [0.15, 0.2) is 58.5 Å². The largest absolute Gasteiger partial charge is 0.325 e. The second-order valence-electron chi connectivity index (χ2n) is 7.76. The number of para-hydroxylation sites is 1. The Hall–Kier alpha value is -3.00. The number of hydrogen-bond donors (Lipinski definition) is 1. The van der Waals surface area contributed by atoms with E-state index < -0.39 is 12.0 Å². The number of hydrogen-bond acceptors (Lipinski definition) is 4. The molecule has 0 fully saturated rings. The molecule has 1 aliphatic heterocycles. The maximum Gasteiger partial charge on any atom is 0.325 e. The number of benzene rings is 2. The SMILES string of the molecule is CCCCCCSc1n[n+]2c(c(=O)[nH]1)-c1ccccc1N(C(C)=O)[C@@H]2c1ccccc1F. The first-order valence-electron chi connectivity index (χ1n) is 10.9. The Balaban J connectivity index is 1.87. The highest BCUT2D eigenvalue weighted by Crippen LogP contribution is 2.37. The molecule has 1 aliphatic rings. The lowest BCUT2D eigenvalue weighted by Gasteiger charge is -2.31. The normalized spacial score (nSPS) is 14.7. The van der Waals surface area contributed by atoms with Gasteiger partial charge in [0, 0.05) is 17.8 Å². The molecule has 1 N–H and O–H groups in total. The van der Waals surface area contributed by atoms with Crippen LogP contribution in [0.5, 0.6) is 0 Å². The summed E-state index contributed by atoms with van der Waals surface area (Å²) in [5.41, 5.74) is 1.42. The van der Waals surface area contributed by atoms with Crippen molar-refractivity contribution in [1.29, 1.82) is 0 Å². The molecule has 6 nitrogen and oxygen atoms in total. The topological polar surface area (TPSA) is 69.9 Å². The first kappa shape index (κ1) is 22.2. The van der Waals surface area contributed by atoms with Gasteiger partial charge in [0.2, 0.25) is 11.1 Å². The molecular weight excluding hydrogens is 427 g/mol. The van der Waals surface area contributed by atoms with Crippen LogP contribution < -0.4 is 15.1 Å². The molecule has 1 amide bonds. The van der Waals surface area contributed by atoms with E-state index in [9.17, 15) is 14.0 Å². The van der Waals surface area contributed by atoms with Crippen molar-refractivity contribution >= 4 is 23.4 Å². The molecule has 32 heavy (non-hydrogen) atoms. The fourth-order valence-corrected chi connectivity index (χ4v) is 4.89. The van der Waals surface area contributed by atoms with Gasteiger partial charge in [0.05, 0.1) is 16.8 Å². The number of fused-ring (bicyclic) bond motifs is 3.